The van der Waals surface area contributed by atoms with Crippen LogP contribution in [0.1, 0.15) is 11.1 Å². The molecule has 20 heavy (non-hydrogen) atoms. The first-order valence-corrected chi connectivity index (χ1v) is 6.61. The molecule has 2 aromatic rings. The predicted octanol–water partition coefficient (Wildman–Crippen LogP) is 2.40. The van der Waals surface area contributed by atoms with Crippen molar-refractivity contribution in [3.05, 3.63) is 53.6 Å². The van der Waals surface area contributed by atoms with E-state index >= 15 is 0 Å². The number of nitrogens with two attached hydrogens (primary N) is 1. The molecule has 0 aromatic heterocycles. The third-order valence-electron chi connectivity index (χ3n) is 3.60. The summed E-state index contributed by atoms with van der Waals surface area (Å²) in [6, 6.07) is 13.8. The van der Waals surface area contributed by atoms with Gasteiger partial charge in [-0.2, -0.15) is 0 Å². The third kappa shape index (κ3) is 2.32. The lowest BCUT2D eigenvalue weighted by Crippen LogP contribution is -2.20. The minimum atomic E-state index is 0.146. The van der Waals surface area contributed by atoms with Gasteiger partial charge in [-0.3, -0.25) is 4.79 Å². The Hall–Kier alpha value is -2.49. The van der Waals surface area contributed by atoms with Gasteiger partial charge in [-0.1, -0.05) is 12.1 Å². The summed E-state index contributed by atoms with van der Waals surface area (Å²) in [7, 11) is 1.81. The standard InChI is InChI=1S/C16H17N3O/c1-19-15-6-5-14(8-12(15)9-16(19)20)18-10-11-3-2-4-13(17)7-11/h2-8,18H,9-10,17H2,1H3. The van der Waals surface area contributed by atoms with Crippen molar-refractivity contribution >= 4 is 23.0 Å². The molecule has 0 fully saturated rings. The van der Waals surface area contributed by atoms with Crippen molar-refractivity contribution in [1.82, 2.24) is 0 Å². The molecule has 3 N–H and O–H groups in total. The minimum absolute atomic E-state index is 0.146. The second-order valence-corrected chi connectivity index (χ2v) is 5.07. The number of nitrogens with one attached hydrogen (secondary N) is 1. The van der Waals surface area contributed by atoms with Crippen LogP contribution in [0.15, 0.2) is 42.5 Å². The van der Waals surface area contributed by atoms with Crippen LogP contribution in [-0.2, 0) is 17.8 Å². The van der Waals surface area contributed by atoms with Crippen LogP contribution in [0, 0.1) is 0 Å². The molecule has 102 valence electrons. The van der Waals surface area contributed by atoms with Crippen molar-refractivity contribution in [1.29, 1.82) is 0 Å². The van der Waals surface area contributed by atoms with Crippen LogP contribution in [0.25, 0.3) is 0 Å². The molecule has 2 aromatic carbocycles. The van der Waals surface area contributed by atoms with Gasteiger partial charge in [0.25, 0.3) is 0 Å². The molecule has 0 aliphatic carbocycles. The lowest BCUT2D eigenvalue weighted by atomic mass is 10.1. The van der Waals surface area contributed by atoms with Gasteiger partial charge < -0.3 is 16.0 Å². The van der Waals surface area contributed by atoms with Crippen LogP contribution in [0.5, 0.6) is 0 Å². The highest BCUT2D eigenvalue weighted by molar-refractivity contribution is 6.01. The van der Waals surface area contributed by atoms with E-state index in [0.29, 0.717) is 13.0 Å². The van der Waals surface area contributed by atoms with Crippen LogP contribution in [-0.4, -0.2) is 13.0 Å². The largest absolute Gasteiger partial charge is 0.399 e. The van der Waals surface area contributed by atoms with Crippen LogP contribution in [0.3, 0.4) is 0 Å². The Bertz CT molecular complexity index is 667. The molecule has 0 atom stereocenters. The highest BCUT2D eigenvalue weighted by atomic mass is 16.2. The number of anilines is 3. The maximum Gasteiger partial charge on any atom is 0.231 e. The van der Waals surface area contributed by atoms with Crippen LogP contribution in [0.4, 0.5) is 17.1 Å². The molecule has 0 saturated heterocycles. The SMILES string of the molecule is CN1C(=O)Cc2cc(NCc3cccc(N)c3)ccc21. The van der Waals surface area contributed by atoms with Crippen molar-refractivity contribution < 1.29 is 4.79 Å². The summed E-state index contributed by atoms with van der Waals surface area (Å²) in [6.07, 6.45) is 0.486. The Balaban J connectivity index is 1.74. The second-order valence-electron chi connectivity index (χ2n) is 5.07. The van der Waals surface area contributed by atoms with Gasteiger partial charge in [0.15, 0.2) is 0 Å². The third-order valence-corrected chi connectivity index (χ3v) is 3.60. The van der Waals surface area contributed by atoms with Gasteiger partial charge in [0.1, 0.15) is 0 Å². The van der Waals surface area contributed by atoms with E-state index in [-0.39, 0.29) is 5.91 Å². The number of benzene rings is 2. The summed E-state index contributed by atoms with van der Waals surface area (Å²) in [5, 5.41) is 3.36. The summed E-state index contributed by atoms with van der Waals surface area (Å²) in [5.74, 6) is 0.146. The Kier molecular flexibility index (Phi) is 3.06. The molecule has 4 heteroatoms. The topological polar surface area (TPSA) is 58.4 Å². The van der Waals surface area contributed by atoms with Gasteiger partial charge in [0.2, 0.25) is 5.91 Å². The van der Waals surface area contributed by atoms with E-state index in [1.54, 1.807) is 4.90 Å². The van der Waals surface area contributed by atoms with Crippen molar-refractivity contribution in [2.75, 3.05) is 23.0 Å². The monoisotopic (exact) mass is 267 g/mol. The number of rotatable bonds is 3. The zero-order chi connectivity index (χ0) is 14.1. The predicted molar refractivity (Wildman–Crippen MR) is 81.7 cm³/mol. The van der Waals surface area contributed by atoms with E-state index in [1.165, 1.54) is 0 Å². The van der Waals surface area contributed by atoms with Crippen molar-refractivity contribution in [3.8, 4) is 0 Å². The Morgan fingerprint density at radius 3 is 2.90 bits per heavy atom. The number of likely N-dealkylation sites (N-methyl/N-ethyl adjacent to an activating group) is 1. The molecular weight excluding hydrogens is 250 g/mol. The summed E-state index contributed by atoms with van der Waals surface area (Å²) in [6.45, 7) is 0.716. The highest BCUT2D eigenvalue weighted by Gasteiger charge is 2.23. The summed E-state index contributed by atoms with van der Waals surface area (Å²) >= 11 is 0. The average molecular weight is 267 g/mol. The minimum Gasteiger partial charge on any atom is -0.399 e. The molecule has 0 unspecified atom stereocenters. The molecule has 1 amide bonds. The Morgan fingerprint density at radius 1 is 1.25 bits per heavy atom. The number of carbonyl (C=O) groups is 1. The Labute approximate surface area is 118 Å². The van der Waals surface area contributed by atoms with Gasteiger partial charge in [0.05, 0.1) is 6.42 Å². The number of nitrogen functional groups attached to an aromatic ring is 1. The first kappa shape index (κ1) is 12.5. The first-order chi connectivity index (χ1) is 9.63. The van der Waals surface area contributed by atoms with Crippen molar-refractivity contribution in [2.24, 2.45) is 0 Å². The summed E-state index contributed by atoms with van der Waals surface area (Å²) in [4.78, 5) is 13.4. The molecule has 0 bridgehead atoms. The van der Waals surface area contributed by atoms with E-state index < -0.39 is 0 Å². The number of nitrogens with zero attached hydrogens (tertiary/aromatic N) is 1. The maximum atomic E-state index is 11.7. The molecule has 1 heterocycles. The molecule has 3 rings (SSSR count). The summed E-state index contributed by atoms with van der Waals surface area (Å²) < 4.78 is 0. The van der Waals surface area contributed by atoms with E-state index in [1.807, 2.05) is 49.5 Å². The number of fused-ring (bicyclic) bond motifs is 1. The lowest BCUT2D eigenvalue weighted by Gasteiger charge is -2.12. The van der Waals surface area contributed by atoms with Crippen LogP contribution >= 0.6 is 0 Å². The maximum absolute atomic E-state index is 11.7. The molecule has 0 radical (unpaired) electrons. The number of carbonyl (C=O) groups excluding carboxylic acids is 1. The fourth-order valence-electron chi connectivity index (χ4n) is 2.49. The van der Waals surface area contributed by atoms with E-state index in [0.717, 1.165) is 28.2 Å². The van der Waals surface area contributed by atoms with Gasteiger partial charge >= 0.3 is 0 Å². The Morgan fingerprint density at radius 2 is 2.10 bits per heavy atom. The normalized spacial score (nSPS) is 13.4. The van der Waals surface area contributed by atoms with E-state index in [2.05, 4.69) is 5.32 Å². The smallest absolute Gasteiger partial charge is 0.231 e. The quantitative estimate of drug-likeness (QED) is 0.840. The van der Waals surface area contributed by atoms with Crippen LogP contribution < -0.4 is 16.0 Å². The lowest BCUT2D eigenvalue weighted by molar-refractivity contribution is -0.117. The number of hydrogen-bond acceptors (Lipinski definition) is 3. The fraction of sp³-hybridized carbons (Fsp3) is 0.188. The van der Waals surface area contributed by atoms with Gasteiger partial charge in [-0.15, -0.1) is 0 Å². The number of hydrogen-bond donors (Lipinski definition) is 2. The van der Waals surface area contributed by atoms with Crippen molar-refractivity contribution in [3.63, 3.8) is 0 Å². The first-order valence-electron chi connectivity index (χ1n) is 6.61. The van der Waals surface area contributed by atoms with E-state index in [4.69, 9.17) is 5.73 Å². The van der Waals surface area contributed by atoms with Gasteiger partial charge in [-0.25, -0.2) is 0 Å². The van der Waals surface area contributed by atoms with Gasteiger partial charge in [-0.05, 0) is 41.5 Å². The molecular formula is C16H17N3O. The molecule has 0 spiro atoms. The van der Waals surface area contributed by atoms with Crippen LogP contribution in [0.2, 0.25) is 0 Å². The summed E-state index contributed by atoms with van der Waals surface area (Å²) in [5.41, 5.74) is 10.8. The zero-order valence-electron chi connectivity index (χ0n) is 11.4. The number of amides is 1. The molecule has 1 aliphatic heterocycles. The van der Waals surface area contributed by atoms with Crippen molar-refractivity contribution in [2.45, 2.75) is 13.0 Å². The van der Waals surface area contributed by atoms with Gasteiger partial charge in [0, 0.05) is 30.7 Å². The highest BCUT2D eigenvalue weighted by Crippen LogP contribution is 2.30. The fourth-order valence-corrected chi connectivity index (χ4v) is 2.49. The second kappa shape index (κ2) is 4.89. The average Bonchev–Trinajstić information content (AvgIpc) is 2.72. The van der Waals surface area contributed by atoms with E-state index in [9.17, 15) is 4.79 Å². The molecule has 4 nitrogen and oxygen atoms in total. The zero-order valence-corrected chi connectivity index (χ0v) is 11.4. The molecule has 0 saturated carbocycles. The molecule has 1 aliphatic rings.